The average molecular weight is 387 g/mol. The molecule has 3 aromatic heterocycles. The highest BCUT2D eigenvalue weighted by molar-refractivity contribution is 9.10. The number of anilines is 2. The first-order valence-corrected chi connectivity index (χ1v) is 8.38. The third-order valence-corrected chi connectivity index (χ3v) is 4.28. The summed E-state index contributed by atoms with van der Waals surface area (Å²) in [7, 11) is 0. The molecule has 0 bridgehead atoms. The van der Waals surface area contributed by atoms with Gasteiger partial charge in [0.1, 0.15) is 12.1 Å². The molecule has 3 aromatic rings. The predicted molar refractivity (Wildman–Crippen MR) is 93.3 cm³/mol. The summed E-state index contributed by atoms with van der Waals surface area (Å²) in [6.45, 7) is 3.41. The second-order valence-corrected chi connectivity index (χ2v) is 6.28. The van der Waals surface area contributed by atoms with Crippen LogP contribution < -0.4 is 9.80 Å². The van der Waals surface area contributed by atoms with E-state index < -0.39 is 0 Å². The van der Waals surface area contributed by atoms with Crippen molar-refractivity contribution < 1.29 is 0 Å². The Labute approximate surface area is 147 Å². The Morgan fingerprint density at radius 1 is 0.875 bits per heavy atom. The van der Waals surface area contributed by atoms with Crippen molar-refractivity contribution in [2.45, 2.75) is 0 Å². The van der Waals surface area contributed by atoms with Crippen LogP contribution in [0.15, 0.2) is 47.7 Å². The van der Waals surface area contributed by atoms with E-state index in [1.54, 1.807) is 29.6 Å². The van der Waals surface area contributed by atoms with Crippen LogP contribution in [0.1, 0.15) is 0 Å². The fourth-order valence-electron chi connectivity index (χ4n) is 2.64. The van der Waals surface area contributed by atoms with Gasteiger partial charge in [0.15, 0.2) is 5.82 Å². The molecule has 1 fully saturated rings. The molecule has 1 aliphatic heterocycles. The van der Waals surface area contributed by atoms with Gasteiger partial charge in [-0.05, 0) is 22.0 Å². The maximum Gasteiger partial charge on any atom is 0.225 e. The van der Waals surface area contributed by atoms with Crippen LogP contribution in [0.2, 0.25) is 0 Å². The van der Waals surface area contributed by atoms with Gasteiger partial charge < -0.3 is 9.80 Å². The number of halogens is 1. The number of piperazine rings is 1. The average Bonchev–Trinajstić information content (AvgIpc) is 3.17. The van der Waals surface area contributed by atoms with Gasteiger partial charge in [-0.3, -0.25) is 0 Å². The Morgan fingerprint density at radius 2 is 1.58 bits per heavy atom. The molecular weight excluding hydrogens is 372 g/mol. The van der Waals surface area contributed by atoms with E-state index in [1.807, 2.05) is 18.3 Å². The molecule has 0 atom stereocenters. The minimum atomic E-state index is 0.762. The number of hydrogen-bond acceptors (Lipinski definition) is 7. The zero-order valence-electron chi connectivity index (χ0n) is 12.8. The van der Waals surface area contributed by atoms with Crippen molar-refractivity contribution >= 4 is 27.7 Å². The first kappa shape index (κ1) is 15.0. The van der Waals surface area contributed by atoms with Crippen molar-refractivity contribution in [1.29, 1.82) is 0 Å². The Kier molecular flexibility index (Phi) is 4.08. The molecule has 0 aliphatic carbocycles. The van der Waals surface area contributed by atoms with Crippen molar-refractivity contribution in [1.82, 2.24) is 29.7 Å². The molecule has 4 heterocycles. The molecule has 24 heavy (non-hydrogen) atoms. The Balaban J connectivity index is 1.46. The topological polar surface area (TPSA) is 75.9 Å². The van der Waals surface area contributed by atoms with Gasteiger partial charge in [-0.1, -0.05) is 0 Å². The van der Waals surface area contributed by atoms with Crippen molar-refractivity contribution in [3.63, 3.8) is 0 Å². The third kappa shape index (κ3) is 3.07. The van der Waals surface area contributed by atoms with E-state index in [1.165, 1.54) is 0 Å². The van der Waals surface area contributed by atoms with E-state index in [0.29, 0.717) is 0 Å². The molecule has 0 radical (unpaired) electrons. The molecule has 9 heteroatoms. The molecule has 8 nitrogen and oxygen atoms in total. The van der Waals surface area contributed by atoms with Gasteiger partial charge in [0.05, 0.1) is 4.47 Å². The Morgan fingerprint density at radius 3 is 2.29 bits per heavy atom. The monoisotopic (exact) mass is 386 g/mol. The van der Waals surface area contributed by atoms with Crippen LogP contribution in [0.5, 0.6) is 0 Å². The van der Waals surface area contributed by atoms with Crippen LogP contribution in [0.3, 0.4) is 0 Å². The molecule has 0 spiro atoms. The van der Waals surface area contributed by atoms with Crippen LogP contribution in [-0.2, 0) is 0 Å². The minimum Gasteiger partial charge on any atom is -0.353 e. The lowest BCUT2D eigenvalue weighted by Crippen LogP contribution is -2.47. The van der Waals surface area contributed by atoms with Crippen LogP contribution in [0.4, 0.5) is 11.8 Å². The maximum atomic E-state index is 4.40. The van der Waals surface area contributed by atoms with E-state index in [2.05, 4.69) is 50.8 Å². The van der Waals surface area contributed by atoms with Gasteiger partial charge in [0.2, 0.25) is 5.95 Å². The molecular formula is C15H15BrN8. The number of aromatic nitrogens is 6. The van der Waals surface area contributed by atoms with Crippen LogP contribution in [0.25, 0.3) is 5.82 Å². The van der Waals surface area contributed by atoms with Crippen molar-refractivity contribution in [3.05, 3.63) is 47.7 Å². The van der Waals surface area contributed by atoms with Gasteiger partial charge >= 0.3 is 0 Å². The quantitative estimate of drug-likeness (QED) is 0.675. The first-order chi connectivity index (χ1) is 11.8. The zero-order chi connectivity index (χ0) is 16.4. The zero-order valence-corrected chi connectivity index (χ0v) is 14.4. The number of hydrogen-bond donors (Lipinski definition) is 0. The summed E-state index contributed by atoms with van der Waals surface area (Å²) in [4.78, 5) is 21.8. The van der Waals surface area contributed by atoms with Gasteiger partial charge in [0, 0.05) is 57.0 Å². The van der Waals surface area contributed by atoms with Crippen LogP contribution in [-0.4, -0.2) is 55.9 Å². The highest BCUT2D eigenvalue weighted by Gasteiger charge is 2.20. The summed E-state index contributed by atoms with van der Waals surface area (Å²) >= 11 is 3.36. The van der Waals surface area contributed by atoms with Gasteiger partial charge in [-0.2, -0.15) is 5.10 Å². The van der Waals surface area contributed by atoms with Gasteiger partial charge in [-0.25, -0.2) is 24.6 Å². The second-order valence-electron chi connectivity index (χ2n) is 5.36. The minimum absolute atomic E-state index is 0.762. The van der Waals surface area contributed by atoms with E-state index in [4.69, 9.17) is 0 Å². The highest BCUT2D eigenvalue weighted by Crippen LogP contribution is 2.18. The smallest absolute Gasteiger partial charge is 0.225 e. The molecule has 4 rings (SSSR count). The SMILES string of the molecule is Brc1cnc(N2CCN(c3cc(-n4cccn4)ncn3)CC2)nc1. The molecule has 1 saturated heterocycles. The fraction of sp³-hybridized carbons (Fsp3) is 0.267. The maximum absolute atomic E-state index is 4.40. The summed E-state index contributed by atoms with van der Waals surface area (Å²) < 4.78 is 2.62. The summed E-state index contributed by atoms with van der Waals surface area (Å²) in [6.07, 6.45) is 8.73. The van der Waals surface area contributed by atoms with E-state index in [-0.39, 0.29) is 0 Å². The predicted octanol–water partition coefficient (Wildman–Crippen LogP) is 1.54. The lowest BCUT2D eigenvalue weighted by atomic mass is 10.3. The van der Waals surface area contributed by atoms with Crippen molar-refractivity contribution in [3.8, 4) is 5.82 Å². The summed E-state index contributed by atoms with van der Waals surface area (Å²) in [5.74, 6) is 2.44. The Hall–Kier alpha value is -2.55. The molecule has 122 valence electrons. The van der Waals surface area contributed by atoms with Gasteiger partial charge in [-0.15, -0.1) is 0 Å². The van der Waals surface area contributed by atoms with Crippen molar-refractivity contribution in [2.75, 3.05) is 36.0 Å². The molecule has 0 unspecified atom stereocenters. The number of rotatable bonds is 3. The second kappa shape index (κ2) is 6.52. The largest absolute Gasteiger partial charge is 0.353 e. The van der Waals surface area contributed by atoms with Crippen molar-refractivity contribution in [2.24, 2.45) is 0 Å². The molecule has 1 aliphatic rings. The molecule has 0 amide bonds. The normalized spacial score (nSPS) is 14.9. The van der Waals surface area contributed by atoms with Crippen LogP contribution in [0, 0.1) is 0 Å². The third-order valence-electron chi connectivity index (χ3n) is 3.87. The summed E-state index contributed by atoms with van der Waals surface area (Å²) in [6, 6.07) is 3.83. The summed E-state index contributed by atoms with van der Waals surface area (Å²) in [5, 5.41) is 4.21. The summed E-state index contributed by atoms with van der Waals surface area (Å²) in [5.41, 5.74) is 0. The molecule has 0 saturated carbocycles. The molecule has 0 aromatic carbocycles. The standard InChI is InChI=1S/C15H15BrN8/c16-12-9-17-15(18-10-12)23-6-4-22(5-7-23)13-8-14(20-11-19-13)24-3-1-2-21-24/h1-3,8-11H,4-7H2. The first-order valence-electron chi connectivity index (χ1n) is 7.59. The lowest BCUT2D eigenvalue weighted by Gasteiger charge is -2.35. The van der Waals surface area contributed by atoms with Crippen LogP contribution >= 0.6 is 15.9 Å². The number of nitrogens with zero attached hydrogens (tertiary/aromatic N) is 8. The fourth-order valence-corrected chi connectivity index (χ4v) is 2.85. The molecule has 0 N–H and O–H groups in total. The van der Waals surface area contributed by atoms with E-state index >= 15 is 0 Å². The Bertz CT molecular complexity index is 797. The van der Waals surface area contributed by atoms with E-state index in [9.17, 15) is 0 Å². The van der Waals surface area contributed by atoms with E-state index in [0.717, 1.165) is 48.2 Å². The lowest BCUT2D eigenvalue weighted by molar-refractivity contribution is 0.633. The highest BCUT2D eigenvalue weighted by atomic mass is 79.9. The van der Waals surface area contributed by atoms with Gasteiger partial charge in [0.25, 0.3) is 0 Å².